The first-order valence-electron chi connectivity index (χ1n) is 9.51. The molecule has 5 atom stereocenters. The van der Waals surface area contributed by atoms with E-state index in [4.69, 9.17) is 27.9 Å². The third-order valence-electron chi connectivity index (χ3n) is 6.84. The second-order valence-corrected chi connectivity index (χ2v) is 8.78. The first-order valence-corrected chi connectivity index (χ1v) is 10.3. The van der Waals surface area contributed by atoms with Crippen molar-refractivity contribution in [1.29, 1.82) is 0 Å². The zero-order chi connectivity index (χ0) is 18.7. The van der Waals surface area contributed by atoms with Gasteiger partial charge in [0.25, 0.3) is 0 Å². The maximum atomic E-state index is 11.8. The van der Waals surface area contributed by atoms with E-state index >= 15 is 0 Å². The van der Waals surface area contributed by atoms with E-state index in [1.165, 1.54) is 37.5 Å². The Balaban J connectivity index is 1.58. The van der Waals surface area contributed by atoms with Crippen LogP contribution in [0.25, 0.3) is 0 Å². The molecule has 5 unspecified atom stereocenters. The molecule has 2 saturated carbocycles. The number of anilines is 1. The van der Waals surface area contributed by atoms with Gasteiger partial charge in [0.2, 0.25) is 0 Å². The van der Waals surface area contributed by atoms with E-state index in [1.807, 2.05) is 30.3 Å². The fourth-order valence-corrected chi connectivity index (χ4v) is 6.15. The molecule has 27 heavy (non-hydrogen) atoms. The standard InChI is InChI=1S/C22H21Cl2NO2/c1-27-22(26)12-4-2-11(3-5-12)20-18-14-7-6-13(10-14)17(18)15-8-9-16(23)19(24)21(15)25-20/h2-5,8-9,13-14,17-18,20,25H,6-7,10H2,1H3. The topological polar surface area (TPSA) is 38.3 Å². The van der Waals surface area contributed by atoms with Gasteiger partial charge in [-0.2, -0.15) is 0 Å². The Morgan fingerprint density at radius 2 is 1.81 bits per heavy atom. The Morgan fingerprint density at radius 1 is 1.07 bits per heavy atom. The molecule has 0 amide bonds. The van der Waals surface area contributed by atoms with Crippen molar-refractivity contribution in [3.05, 3.63) is 63.1 Å². The van der Waals surface area contributed by atoms with E-state index in [0.717, 1.165) is 17.5 Å². The van der Waals surface area contributed by atoms with Crippen LogP contribution in [-0.2, 0) is 4.74 Å². The Morgan fingerprint density at radius 3 is 2.56 bits per heavy atom. The minimum absolute atomic E-state index is 0.181. The summed E-state index contributed by atoms with van der Waals surface area (Å²) in [5.41, 5.74) is 4.07. The third kappa shape index (κ3) is 2.59. The minimum Gasteiger partial charge on any atom is -0.465 e. The fourth-order valence-electron chi connectivity index (χ4n) is 5.77. The summed E-state index contributed by atoms with van der Waals surface area (Å²) in [5.74, 6) is 2.24. The monoisotopic (exact) mass is 401 g/mol. The molecule has 2 aromatic carbocycles. The molecule has 2 fully saturated rings. The smallest absolute Gasteiger partial charge is 0.337 e. The minimum atomic E-state index is -0.309. The highest BCUT2D eigenvalue weighted by atomic mass is 35.5. The first kappa shape index (κ1) is 17.4. The molecule has 1 N–H and O–H groups in total. The van der Waals surface area contributed by atoms with Gasteiger partial charge in [0.15, 0.2) is 0 Å². The van der Waals surface area contributed by atoms with Gasteiger partial charge >= 0.3 is 5.97 Å². The van der Waals surface area contributed by atoms with Crippen molar-refractivity contribution in [3.8, 4) is 0 Å². The molecule has 0 saturated heterocycles. The van der Waals surface area contributed by atoms with Gasteiger partial charge in [-0.3, -0.25) is 0 Å². The van der Waals surface area contributed by atoms with Crippen LogP contribution in [0.15, 0.2) is 36.4 Å². The van der Waals surface area contributed by atoms with Crippen LogP contribution in [0.4, 0.5) is 5.69 Å². The number of carbonyl (C=O) groups is 1. The summed E-state index contributed by atoms with van der Waals surface area (Å²) in [4.78, 5) is 11.8. The molecule has 140 valence electrons. The summed E-state index contributed by atoms with van der Waals surface area (Å²) in [6.07, 6.45) is 3.91. The van der Waals surface area contributed by atoms with Crippen LogP contribution in [0, 0.1) is 17.8 Å². The summed E-state index contributed by atoms with van der Waals surface area (Å²) < 4.78 is 4.82. The lowest BCUT2D eigenvalue weighted by Crippen LogP contribution is -2.35. The van der Waals surface area contributed by atoms with Crippen molar-refractivity contribution in [2.45, 2.75) is 31.2 Å². The molecule has 3 aliphatic rings. The summed E-state index contributed by atoms with van der Waals surface area (Å²) in [6, 6.07) is 12.0. The van der Waals surface area contributed by atoms with Crippen molar-refractivity contribution in [2.75, 3.05) is 12.4 Å². The molecule has 0 radical (unpaired) electrons. The predicted molar refractivity (Wildman–Crippen MR) is 108 cm³/mol. The van der Waals surface area contributed by atoms with E-state index < -0.39 is 0 Å². The van der Waals surface area contributed by atoms with E-state index in [0.29, 0.717) is 27.4 Å². The molecule has 1 aliphatic heterocycles. The van der Waals surface area contributed by atoms with Gasteiger partial charge in [-0.25, -0.2) is 4.79 Å². The summed E-state index contributed by atoms with van der Waals surface area (Å²) in [7, 11) is 1.40. The maximum absolute atomic E-state index is 11.8. The van der Waals surface area contributed by atoms with Gasteiger partial charge in [0.1, 0.15) is 0 Å². The number of methoxy groups -OCH3 is 1. The number of carbonyl (C=O) groups excluding carboxylic acids is 1. The lowest BCUT2D eigenvalue weighted by atomic mass is 9.68. The first-order chi connectivity index (χ1) is 13.1. The molecule has 1 heterocycles. The number of halogens is 2. The number of hydrogen-bond donors (Lipinski definition) is 1. The zero-order valence-corrected chi connectivity index (χ0v) is 16.6. The molecule has 3 nitrogen and oxygen atoms in total. The SMILES string of the molecule is COC(=O)c1ccc(C2Nc3c(ccc(Cl)c3Cl)C3C4CCC(C4)C23)cc1. The Bertz CT molecular complexity index is 911. The van der Waals surface area contributed by atoms with Gasteiger partial charge in [-0.15, -0.1) is 0 Å². The molecular weight excluding hydrogens is 381 g/mol. The number of nitrogens with one attached hydrogen (secondary N) is 1. The van der Waals surface area contributed by atoms with Gasteiger partial charge in [-0.05, 0) is 72.3 Å². The average Bonchev–Trinajstić information content (AvgIpc) is 3.32. The molecule has 0 aromatic heterocycles. The zero-order valence-electron chi connectivity index (χ0n) is 15.0. The van der Waals surface area contributed by atoms with Crippen molar-refractivity contribution < 1.29 is 9.53 Å². The largest absolute Gasteiger partial charge is 0.465 e. The lowest BCUT2D eigenvalue weighted by Gasteiger charge is -2.44. The molecule has 2 aliphatic carbocycles. The number of ether oxygens (including phenoxy) is 1. The Hall–Kier alpha value is -1.71. The summed E-state index contributed by atoms with van der Waals surface area (Å²) in [6.45, 7) is 0. The van der Waals surface area contributed by atoms with Crippen molar-refractivity contribution in [1.82, 2.24) is 0 Å². The second kappa shape index (κ2) is 6.42. The van der Waals surface area contributed by atoms with Crippen molar-refractivity contribution >= 4 is 34.9 Å². The highest BCUT2D eigenvalue weighted by molar-refractivity contribution is 6.43. The summed E-state index contributed by atoms with van der Waals surface area (Å²) in [5, 5.41) is 4.91. The third-order valence-corrected chi connectivity index (χ3v) is 7.65. The molecule has 5 rings (SSSR count). The molecule has 0 spiro atoms. The molecule has 5 heteroatoms. The number of hydrogen-bond acceptors (Lipinski definition) is 3. The van der Waals surface area contributed by atoms with Crippen LogP contribution in [0.1, 0.15) is 52.7 Å². The van der Waals surface area contributed by atoms with E-state index in [1.54, 1.807) is 0 Å². The van der Waals surface area contributed by atoms with Crippen LogP contribution >= 0.6 is 23.2 Å². The number of fused-ring (bicyclic) bond motifs is 7. The predicted octanol–water partition coefficient (Wildman–Crippen LogP) is 6.08. The van der Waals surface area contributed by atoms with Gasteiger partial charge in [-0.1, -0.05) is 41.4 Å². The average molecular weight is 402 g/mol. The highest BCUT2D eigenvalue weighted by Crippen LogP contribution is 2.64. The quantitative estimate of drug-likeness (QED) is 0.619. The molecular formula is C22H21Cl2NO2. The molecule has 2 aromatic rings. The highest BCUT2D eigenvalue weighted by Gasteiger charge is 2.54. The van der Waals surface area contributed by atoms with Crippen LogP contribution < -0.4 is 5.32 Å². The van der Waals surface area contributed by atoms with Crippen LogP contribution in [-0.4, -0.2) is 13.1 Å². The second-order valence-electron chi connectivity index (χ2n) is 8.00. The van der Waals surface area contributed by atoms with Crippen molar-refractivity contribution in [3.63, 3.8) is 0 Å². The van der Waals surface area contributed by atoms with E-state index in [-0.39, 0.29) is 12.0 Å². The van der Waals surface area contributed by atoms with Crippen LogP contribution in [0.5, 0.6) is 0 Å². The number of benzene rings is 2. The van der Waals surface area contributed by atoms with Crippen LogP contribution in [0.2, 0.25) is 10.0 Å². The van der Waals surface area contributed by atoms with Gasteiger partial charge < -0.3 is 10.1 Å². The van der Waals surface area contributed by atoms with Gasteiger partial charge in [0.05, 0.1) is 34.4 Å². The summed E-state index contributed by atoms with van der Waals surface area (Å²) >= 11 is 12.9. The fraction of sp³-hybridized carbons (Fsp3) is 0.409. The van der Waals surface area contributed by atoms with Crippen LogP contribution in [0.3, 0.4) is 0 Å². The Kier molecular flexibility index (Phi) is 4.14. The Labute approximate surface area is 169 Å². The normalized spacial score (nSPS) is 30.4. The van der Waals surface area contributed by atoms with Crippen molar-refractivity contribution in [2.24, 2.45) is 17.8 Å². The molecule has 2 bridgehead atoms. The number of esters is 1. The van der Waals surface area contributed by atoms with Gasteiger partial charge in [0, 0.05) is 0 Å². The number of rotatable bonds is 2. The lowest BCUT2D eigenvalue weighted by molar-refractivity contribution is 0.0600. The van der Waals surface area contributed by atoms with E-state index in [2.05, 4.69) is 11.4 Å². The van der Waals surface area contributed by atoms with E-state index in [9.17, 15) is 4.79 Å². The maximum Gasteiger partial charge on any atom is 0.337 e.